The highest BCUT2D eigenvalue weighted by Crippen LogP contribution is 2.67. The van der Waals surface area contributed by atoms with Crippen LogP contribution in [0.3, 0.4) is 0 Å². The molecule has 8 atom stereocenters. The number of carbonyl (C=O) groups is 2. The zero-order valence-electron chi connectivity index (χ0n) is 21.4. The predicted molar refractivity (Wildman–Crippen MR) is 129 cm³/mol. The van der Waals surface area contributed by atoms with E-state index in [1.54, 1.807) is 5.57 Å². The molecule has 0 aliphatic heterocycles. The Balaban J connectivity index is 1.49. The Bertz CT molecular complexity index is 766. The standard InChI is InChI=1S/C29H46O3/c1-18(2)7-12-27(31)19(3)24-10-11-25-23-9-8-21-17-22(32-20(4)30)13-15-28(21,5)26(23)14-16-29(24,25)6/h8,18-19,22-26H,7,9-17H2,1-6H3/t19-,22?,23?,24?,25?,26?,28?,29?/m0/s1. The minimum absolute atomic E-state index is 0.0748. The third-order valence-corrected chi connectivity index (χ3v) is 10.5. The van der Waals surface area contributed by atoms with Crippen LogP contribution in [-0.4, -0.2) is 17.9 Å². The molecular formula is C29H46O3. The molecule has 0 saturated heterocycles. The van der Waals surface area contributed by atoms with Crippen LogP contribution in [0.5, 0.6) is 0 Å². The second-order valence-electron chi connectivity index (χ2n) is 12.6. The first-order valence-corrected chi connectivity index (χ1v) is 13.5. The summed E-state index contributed by atoms with van der Waals surface area (Å²) in [6.45, 7) is 13.3. The van der Waals surface area contributed by atoms with Crippen LogP contribution in [0.15, 0.2) is 11.6 Å². The first-order valence-electron chi connectivity index (χ1n) is 13.5. The van der Waals surface area contributed by atoms with E-state index in [1.807, 2.05) is 0 Å². The van der Waals surface area contributed by atoms with Gasteiger partial charge in [0.2, 0.25) is 0 Å². The van der Waals surface area contributed by atoms with Gasteiger partial charge in [-0.15, -0.1) is 0 Å². The summed E-state index contributed by atoms with van der Waals surface area (Å²) >= 11 is 0. The van der Waals surface area contributed by atoms with Crippen molar-refractivity contribution in [2.45, 2.75) is 112 Å². The van der Waals surface area contributed by atoms with Gasteiger partial charge in [0.1, 0.15) is 11.9 Å². The molecule has 0 aromatic rings. The molecule has 0 radical (unpaired) electrons. The normalized spacial score (nSPS) is 41.8. The summed E-state index contributed by atoms with van der Waals surface area (Å²) in [7, 11) is 0. The van der Waals surface area contributed by atoms with Gasteiger partial charge in [0.25, 0.3) is 0 Å². The second-order valence-corrected chi connectivity index (χ2v) is 12.6. The lowest BCUT2D eigenvalue weighted by Crippen LogP contribution is -2.51. The molecule has 7 unspecified atom stereocenters. The van der Waals surface area contributed by atoms with Crippen LogP contribution in [0.25, 0.3) is 0 Å². The van der Waals surface area contributed by atoms with Crippen molar-refractivity contribution in [3.8, 4) is 0 Å². The number of hydrogen-bond acceptors (Lipinski definition) is 3. The molecule has 0 aromatic carbocycles. The molecule has 0 N–H and O–H groups in total. The Morgan fingerprint density at radius 1 is 1.06 bits per heavy atom. The summed E-state index contributed by atoms with van der Waals surface area (Å²) in [6, 6.07) is 0. The summed E-state index contributed by atoms with van der Waals surface area (Å²) in [6.07, 6.45) is 13.8. The van der Waals surface area contributed by atoms with Crippen LogP contribution >= 0.6 is 0 Å². The summed E-state index contributed by atoms with van der Waals surface area (Å²) in [5.74, 6) is 4.02. The lowest BCUT2D eigenvalue weighted by molar-refractivity contribution is -0.148. The number of fused-ring (bicyclic) bond motifs is 5. The van der Waals surface area contributed by atoms with Crippen LogP contribution in [0.1, 0.15) is 106 Å². The van der Waals surface area contributed by atoms with Gasteiger partial charge >= 0.3 is 5.97 Å². The van der Waals surface area contributed by atoms with Gasteiger partial charge in [-0.3, -0.25) is 9.59 Å². The average Bonchev–Trinajstić information content (AvgIpc) is 3.08. The molecule has 3 fully saturated rings. The molecule has 3 heteroatoms. The molecule has 32 heavy (non-hydrogen) atoms. The van der Waals surface area contributed by atoms with Crippen molar-refractivity contribution in [3.63, 3.8) is 0 Å². The van der Waals surface area contributed by atoms with Gasteiger partial charge in [0, 0.05) is 25.7 Å². The Hall–Kier alpha value is -1.12. The Morgan fingerprint density at radius 3 is 2.50 bits per heavy atom. The molecule has 4 rings (SSSR count). The largest absolute Gasteiger partial charge is 0.462 e. The van der Waals surface area contributed by atoms with Gasteiger partial charge in [-0.05, 0) is 91.8 Å². The monoisotopic (exact) mass is 442 g/mol. The first kappa shape index (κ1) is 24.0. The number of carbonyl (C=O) groups excluding carboxylic acids is 2. The highest BCUT2D eigenvalue weighted by molar-refractivity contribution is 5.81. The van der Waals surface area contributed by atoms with Gasteiger partial charge in [0.05, 0.1) is 0 Å². The number of rotatable bonds is 6. The fourth-order valence-corrected chi connectivity index (χ4v) is 8.71. The van der Waals surface area contributed by atoms with Crippen molar-refractivity contribution in [1.82, 2.24) is 0 Å². The van der Waals surface area contributed by atoms with Crippen molar-refractivity contribution in [1.29, 1.82) is 0 Å². The lowest BCUT2D eigenvalue weighted by atomic mass is 9.47. The summed E-state index contributed by atoms with van der Waals surface area (Å²) < 4.78 is 5.59. The molecule has 3 saturated carbocycles. The minimum atomic E-state index is -0.143. The van der Waals surface area contributed by atoms with E-state index in [-0.39, 0.29) is 23.4 Å². The SMILES string of the molecule is CC(=O)OC1CCC2(C)C(=CCC3C2CCC2(C)C3CCC2[C@H](C)C(=O)CCC(C)C)C1. The van der Waals surface area contributed by atoms with E-state index in [2.05, 4.69) is 40.7 Å². The molecule has 180 valence electrons. The van der Waals surface area contributed by atoms with Gasteiger partial charge in [-0.2, -0.15) is 0 Å². The van der Waals surface area contributed by atoms with E-state index in [4.69, 9.17) is 4.74 Å². The summed E-state index contributed by atoms with van der Waals surface area (Å²) in [5, 5.41) is 0. The van der Waals surface area contributed by atoms with E-state index < -0.39 is 0 Å². The first-order chi connectivity index (χ1) is 15.1. The van der Waals surface area contributed by atoms with Gasteiger partial charge < -0.3 is 4.74 Å². The van der Waals surface area contributed by atoms with E-state index in [9.17, 15) is 9.59 Å². The number of Topliss-reactive ketones (excluding diaryl/α,β-unsaturated/α-hetero) is 1. The molecular weight excluding hydrogens is 396 g/mol. The number of ether oxygens (including phenoxy) is 1. The summed E-state index contributed by atoms with van der Waals surface area (Å²) in [4.78, 5) is 24.5. The number of allylic oxidation sites excluding steroid dienone is 1. The Kier molecular flexibility index (Phi) is 6.69. The lowest BCUT2D eigenvalue weighted by Gasteiger charge is -2.58. The maximum absolute atomic E-state index is 13.0. The zero-order valence-corrected chi connectivity index (χ0v) is 21.4. The van der Waals surface area contributed by atoms with E-state index in [0.717, 1.165) is 49.9 Å². The average molecular weight is 443 g/mol. The number of ketones is 1. The summed E-state index contributed by atoms with van der Waals surface area (Å²) in [5.41, 5.74) is 2.16. The third kappa shape index (κ3) is 4.11. The van der Waals surface area contributed by atoms with Crippen LogP contribution in [0.4, 0.5) is 0 Å². The molecule has 0 heterocycles. The maximum atomic E-state index is 13.0. The highest BCUT2D eigenvalue weighted by Gasteiger charge is 2.59. The molecule has 3 nitrogen and oxygen atoms in total. The molecule has 0 amide bonds. The number of hydrogen-bond donors (Lipinski definition) is 0. The molecule has 4 aliphatic rings. The topological polar surface area (TPSA) is 43.4 Å². The van der Waals surface area contributed by atoms with Crippen molar-refractivity contribution < 1.29 is 14.3 Å². The van der Waals surface area contributed by atoms with E-state index >= 15 is 0 Å². The van der Waals surface area contributed by atoms with Crippen LogP contribution in [0, 0.1) is 46.3 Å². The third-order valence-electron chi connectivity index (χ3n) is 10.5. The van der Waals surface area contributed by atoms with Gasteiger partial charge in [0.15, 0.2) is 0 Å². The van der Waals surface area contributed by atoms with Crippen molar-refractivity contribution in [2.75, 3.05) is 0 Å². The van der Waals surface area contributed by atoms with Gasteiger partial charge in [-0.25, -0.2) is 0 Å². The molecule has 4 aliphatic carbocycles. The van der Waals surface area contributed by atoms with Crippen LogP contribution in [0.2, 0.25) is 0 Å². The zero-order chi connectivity index (χ0) is 23.3. The van der Waals surface area contributed by atoms with Gasteiger partial charge in [-0.1, -0.05) is 46.3 Å². The van der Waals surface area contributed by atoms with E-state index in [1.165, 1.54) is 39.0 Å². The molecule has 0 aromatic heterocycles. The fraction of sp³-hybridized carbons (Fsp3) is 0.862. The number of esters is 1. The predicted octanol–water partition coefficient (Wildman–Crippen LogP) is 7.14. The maximum Gasteiger partial charge on any atom is 0.302 e. The molecule has 0 spiro atoms. The Morgan fingerprint density at radius 2 is 1.81 bits per heavy atom. The second kappa shape index (κ2) is 8.91. The highest BCUT2D eigenvalue weighted by atomic mass is 16.5. The minimum Gasteiger partial charge on any atom is -0.462 e. The quantitative estimate of drug-likeness (QED) is 0.324. The van der Waals surface area contributed by atoms with Crippen molar-refractivity contribution >= 4 is 11.8 Å². The van der Waals surface area contributed by atoms with Crippen LogP contribution in [-0.2, 0) is 14.3 Å². The van der Waals surface area contributed by atoms with E-state index in [0.29, 0.717) is 23.0 Å². The molecule has 0 bridgehead atoms. The van der Waals surface area contributed by atoms with Crippen molar-refractivity contribution in [3.05, 3.63) is 11.6 Å². The Labute approximate surface area is 196 Å². The smallest absolute Gasteiger partial charge is 0.302 e. The fourth-order valence-electron chi connectivity index (χ4n) is 8.71. The van der Waals surface area contributed by atoms with Crippen molar-refractivity contribution in [2.24, 2.45) is 46.3 Å². The van der Waals surface area contributed by atoms with Crippen LogP contribution < -0.4 is 0 Å².